The predicted molar refractivity (Wildman–Crippen MR) is 65.6 cm³/mol. The van der Waals surface area contributed by atoms with E-state index in [2.05, 4.69) is 10.3 Å². The van der Waals surface area contributed by atoms with E-state index in [-0.39, 0.29) is 5.91 Å². The molecule has 4 heteroatoms. The minimum atomic E-state index is -0.235. The van der Waals surface area contributed by atoms with Crippen LogP contribution in [0.5, 0.6) is 0 Å². The summed E-state index contributed by atoms with van der Waals surface area (Å²) in [6.07, 6.45) is 0. The quantitative estimate of drug-likeness (QED) is 0.794. The lowest BCUT2D eigenvalue weighted by Gasteiger charge is -2.03. The van der Waals surface area contributed by atoms with E-state index in [1.54, 1.807) is 30.3 Å². The maximum Gasteiger partial charge on any atom is 0.385 e. The molecule has 0 unspecified atom stereocenters. The van der Waals surface area contributed by atoms with Crippen molar-refractivity contribution in [2.45, 2.75) is 0 Å². The van der Waals surface area contributed by atoms with Crippen molar-refractivity contribution >= 4 is 17.3 Å². The van der Waals surface area contributed by atoms with Crippen molar-refractivity contribution in [1.82, 2.24) is 0 Å². The van der Waals surface area contributed by atoms with Crippen LogP contribution in [0.4, 0.5) is 11.4 Å². The van der Waals surface area contributed by atoms with E-state index in [0.29, 0.717) is 11.3 Å². The van der Waals surface area contributed by atoms with E-state index in [9.17, 15) is 4.79 Å². The number of carbonyl (C=O) groups excluding carboxylic acids is 1. The molecule has 0 saturated carbocycles. The molecule has 0 bridgehead atoms. The third-order valence-corrected chi connectivity index (χ3v) is 2.26. The highest BCUT2D eigenvalue weighted by molar-refractivity contribution is 6.04. The Labute approximate surface area is 98.5 Å². The van der Waals surface area contributed by atoms with Gasteiger partial charge in [0.1, 0.15) is 0 Å². The van der Waals surface area contributed by atoms with Gasteiger partial charge in [0.15, 0.2) is 4.98 Å². The molecular weight excluding hydrogens is 214 g/mol. The Morgan fingerprint density at radius 1 is 1.06 bits per heavy atom. The standard InChI is InChI=1S/C13H9N3O/c14-16-12-8-4-5-10(9-12)13(17)15-11-6-2-1-3-7-11/h1-9H/p+1. The Morgan fingerprint density at radius 2 is 1.82 bits per heavy atom. The summed E-state index contributed by atoms with van der Waals surface area (Å²) < 4.78 is 0. The molecule has 0 aliphatic carbocycles. The van der Waals surface area contributed by atoms with Gasteiger partial charge in [0.2, 0.25) is 5.39 Å². The normalized spacial score (nSPS) is 9.35. The fourth-order valence-electron chi connectivity index (χ4n) is 1.43. The minimum Gasteiger partial charge on any atom is -0.322 e. The van der Waals surface area contributed by atoms with Crippen LogP contribution in [-0.2, 0) is 0 Å². The van der Waals surface area contributed by atoms with Gasteiger partial charge in [0.05, 0.1) is 0 Å². The highest BCUT2D eigenvalue weighted by Crippen LogP contribution is 2.15. The molecule has 17 heavy (non-hydrogen) atoms. The molecule has 0 spiro atoms. The lowest BCUT2D eigenvalue weighted by atomic mass is 10.2. The molecule has 82 valence electrons. The second-order valence-corrected chi connectivity index (χ2v) is 3.47. The number of nitrogens with zero attached hydrogens (tertiary/aromatic N) is 2. The van der Waals surface area contributed by atoms with Gasteiger partial charge in [-0.1, -0.05) is 24.3 Å². The molecule has 1 amide bonds. The number of hydrogen-bond donors (Lipinski definition) is 1. The summed E-state index contributed by atoms with van der Waals surface area (Å²) >= 11 is 0. The van der Waals surface area contributed by atoms with Crippen molar-refractivity contribution in [3.05, 3.63) is 65.1 Å². The number of rotatable bonds is 2. The second kappa shape index (κ2) is 4.90. The van der Waals surface area contributed by atoms with E-state index in [0.717, 1.165) is 5.69 Å². The van der Waals surface area contributed by atoms with Crippen LogP contribution in [0.2, 0.25) is 0 Å². The van der Waals surface area contributed by atoms with Crippen molar-refractivity contribution in [3.63, 3.8) is 0 Å². The first-order valence-electron chi connectivity index (χ1n) is 5.11. The monoisotopic (exact) mass is 224 g/mol. The number of carbonyl (C=O) groups is 1. The number of benzene rings is 2. The smallest absolute Gasteiger partial charge is 0.322 e. The van der Waals surface area contributed by atoms with Gasteiger partial charge in [0.25, 0.3) is 5.91 Å². The molecular formula is C13H10N3O+. The fourth-order valence-corrected chi connectivity index (χ4v) is 1.43. The van der Waals surface area contributed by atoms with Gasteiger partial charge in [-0.2, -0.15) is 0 Å². The Bertz CT molecular complexity index is 573. The van der Waals surface area contributed by atoms with Crippen molar-refractivity contribution in [2.24, 2.45) is 0 Å². The summed E-state index contributed by atoms with van der Waals surface area (Å²) in [5, 5.41) is 11.4. The molecule has 2 rings (SSSR count). The molecule has 2 aromatic rings. The van der Waals surface area contributed by atoms with Crippen LogP contribution in [0.1, 0.15) is 10.4 Å². The molecule has 0 atom stereocenters. The third kappa shape index (κ3) is 2.67. The summed E-state index contributed by atoms with van der Waals surface area (Å²) in [5.41, 5.74) is 1.53. The third-order valence-electron chi connectivity index (χ3n) is 2.26. The molecule has 1 N–H and O–H groups in total. The zero-order valence-corrected chi connectivity index (χ0v) is 9.00. The first-order valence-corrected chi connectivity index (χ1v) is 5.11. The van der Waals surface area contributed by atoms with Gasteiger partial charge in [-0.25, -0.2) is 0 Å². The van der Waals surface area contributed by atoms with Crippen molar-refractivity contribution in [1.29, 1.82) is 5.39 Å². The zero-order chi connectivity index (χ0) is 12.1. The van der Waals surface area contributed by atoms with Crippen LogP contribution in [0, 0.1) is 5.39 Å². The molecule has 0 aromatic heterocycles. The van der Waals surface area contributed by atoms with Gasteiger partial charge in [-0.15, -0.1) is 0 Å². The number of nitrogens with one attached hydrogen (secondary N) is 1. The Morgan fingerprint density at radius 3 is 2.53 bits per heavy atom. The lowest BCUT2D eigenvalue weighted by molar-refractivity contribution is 0.102. The number of diazo groups is 1. The van der Waals surface area contributed by atoms with Crippen LogP contribution < -0.4 is 5.32 Å². The van der Waals surface area contributed by atoms with Crippen molar-refractivity contribution < 1.29 is 4.79 Å². The summed E-state index contributed by atoms with van der Waals surface area (Å²) in [4.78, 5) is 14.9. The number of hydrogen-bond acceptors (Lipinski definition) is 2. The summed E-state index contributed by atoms with van der Waals surface area (Å²) in [7, 11) is 0. The van der Waals surface area contributed by atoms with Crippen molar-refractivity contribution in [3.8, 4) is 0 Å². The fraction of sp³-hybridized carbons (Fsp3) is 0. The molecule has 0 radical (unpaired) electrons. The van der Waals surface area contributed by atoms with Gasteiger partial charge in [0, 0.05) is 23.4 Å². The predicted octanol–water partition coefficient (Wildman–Crippen LogP) is 3.42. The Balaban J connectivity index is 2.18. The van der Waals surface area contributed by atoms with Crippen LogP contribution in [-0.4, -0.2) is 5.91 Å². The van der Waals surface area contributed by atoms with Crippen LogP contribution in [0.15, 0.2) is 54.6 Å². The van der Waals surface area contributed by atoms with E-state index < -0.39 is 0 Å². The molecule has 2 aromatic carbocycles. The van der Waals surface area contributed by atoms with E-state index in [1.165, 1.54) is 6.07 Å². The number of para-hydroxylation sites is 1. The summed E-state index contributed by atoms with van der Waals surface area (Å²) in [6.45, 7) is 0. The van der Waals surface area contributed by atoms with E-state index >= 15 is 0 Å². The molecule has 0 heterocycles. The molecule has 0 aliphatic heterocycles. The molecule has 0 fully saturated rings. The van der Waals surface area contributed by atoms with Gasteiger partial charge in [-0.05, 0) is 18.2 Å². The average Bonchev–Trinajstić information content (AvgIpc) is 2.40. The first-order chi connectivity index (χ1) is 8.29. The van der Waals surface area contributed by atoms with Gasteiger partial charge < -0.3 is 5.32 Å². The SMILES string of the molecule is N#[N+]c1cccc(C(=O)Nc2ccccc2)c1. The first kappa shape index (κ1) is 10.8. The van der Waals surface area contributed by atoms with Gasteiger partial charge in [-0.3, -0.25) is 4.79 Å². The maximum atomic E-state index is 11.8. The van der Waals surface area contributed by atoms with Gasteiger partial charge >= 0.3 is 5.69 Å². The summed E-state index contributed by atoms with van der Waals surface area (Å²) in [6, 6.07) is 15.6. The van der Waals surface area contributed by atoms with Crippen LogP contribution >= 0.6 is 0 Å². The maximum absolute atomic E-state index is 11.8. The molecule has 0 aliphatic rings. The van der Waals surface area contributed by atoms with E-state index in [1.807, 2.05) is 18.2 Å². The van der Waals surface area contributed by atoms with Crippen molar-refractivity contribution in [2.75, 3.05) is 5.32 Å². The second-order valence-electron chi connectivity index (χ2n) is 3.47. The minimum absolute atomic E-state index is 0.235. The Kier molecular flexibility index (Phi) is 3.13. The summed E-state index contributed by atoms with van der Waals surface area (Å²) in [5.74, 6) is -0.235. The number of amides is 1. The topological polar surface area (TPSA) is 57.2 Å². The molecule has 4 nitrogen and oxygen atoms in total. The highest BCUT2D eigenvalue weighted by atomic mass is 16.1. The Hall–Kier alpha value is -2.67. The van der Waals surface area contributed by atoms with E-state index in [4.69, 9.17) is 5.39 Å². The average molecular weight is 224 g/mol. The van der Waals surface area contributed by atoms with Crippen LogP contribution in [0.25, 0.3) is 4.98 Å². The van der Waals surface area contributed by atoms with Crippen LogP contribution in [0.3, 0.4) is 0 Å². The zero-order valence-electron chi connectivity index (χ0n) is 9.00. The largest absolute Gasteiger partial charge is 0.385 e. The highest BCUT2D eigenvalue weighted by Gasteiger charge is 2.10. The number of anilines is 1. The lowest BCUT2D eigenvalue weighted by Crippen LogP contribution is -2.11. The molecule has 0 saturated heterocycles.